The van der Waals surface area contributed by atoms with Gasteiger partial charge in [-0.05, 0) is 87.1 Å². The van der Waals surface area contributed by atoms with Crippen LogP contribution in [0.3, 0.4) is 0 Å². The maximum absolute atomic E-state index is 13.3. The fraction of sp³-hybridized carbons (Fsp3) is 0.233. The van der Waals surface area contributed by atoms with Crippen molar-refractivity contribution in [2.45, 2.75) is 39.3 Å². The van der Waals surface area contributed by atoms with Gasteiger partial charge in [0.25, 0.3) is 0 Å². The zero-order valence-corrected chi connectivity index (χ0v) is 22.4. The largest absolute Gasteiger partial charge is 0.352 e. The minimum Gasteiger partial charge on any atom is -0.352 e. The number of carbonyl (C=O) groups excluding carboxylic acids is 1. The quantitative estimate of drug-likeness (QED) is 0.292. The van der Waals surface area contributed by atoms with E-state index in [1.807, 2.05) is 36.4 Å². The van der Waals surface area contributed by atoms with Crippen LogP contribution in [-0.2, 0) is 4.79 Å². The van der Waals surface area contributed by atoms with E-state index in [2.05, 4.69) is 58.0 Å². The van der Waals surface area contributed by atoms with Crippen molar-refractivity contribution in [2.75, 3.05) is 11.9 Å². The van der Waals surface area contributed by atoms with Gasteiger partial charge < -0.3 is 20.1 Å². The van der Waals surface area contributed by atoms with Crippen LogP contribution in [0.25, 0.3) is 5.69 Å². The van der Waals surface area contributed by atoms with E-state index in [1.54, 1.807) is 18.3 Å². The third-order valence-corrected chi connectivity index (χ3v) is 7.58. The molecule has 0 unspecified atom stereocenters. The second-order valence-electron chi connectivity index (χ2n) is 9.51. The molecule has 1 aliphatic rings. The first-order valence-corrected chi connectivity index (χ1v) is 13.0. The van der Waals surface area contributed by atoms with Crippen molar-refractivity contribution in [3.05, 3.63) is 113 Å². The molecule has 3 heterocycles. The Morgan fingerprint density at radius 1 is 1.00 bits per heavy atom. The Bertz CT molecular complexity index is 1450. The molecule has 2 aromatic heterocycles. The second-order valence-corrected chi connectivity index (χ2v) is 9.89. The molecular weight excluding hydrogens is 497 g/mol. The number of hydrogen-bond acceptors (Lipinski definition) is 3. The molecule has 2 atom stereocenters. The fourth-order valence-corrected chi connectivity index (χ4v) is 5.68. The summed E-state index contributed by atoms with van der Waals surface area (Å²) in [5.41, 5.74) is 7.20. The van der Waals surface area contributed by atoms with Crippen LogP contribution in [0.1, 0.15) is 46.7 Å². The number of halogens is 1. The zero-order chi connectivity index (χ0) is 26.8. The van der Waals surface area contributed by atoms with Crippen molar-refractivity contribution in [3.8, 4) is 5.69 Å². The Hall–Kier alpha value is -4.04. The Kier molecular flexibility index (Phi) is 7.24. The highest BCUT2D eigenvalue weighted by molar-refractivity contribution is 7.80. The minimum atomic E-state index is -0.344. The molecule has 0 saturated carbocycles. The summed E-state index contributed by atoms with van der Waals surface area (Å²) in [6.07, 6.45) is 2.01. The zero-order valence-electron chi connectivity index (χ0n) is 21.6. The number of thiocarbonyl (C=S) groups is 1. The minimum absolute atomic E-state index is 0.153. The third kappa shape index (κ3) is 4.91. The van der Waals surface area contributed by atoms with Crippen LogP contribution in [0.4, 0.5) is 10.1 Å². The van der Waals surface area contributed by atoms with Crippen molar-refractivity contribution in [2.24, 2.45) is 0 Å². The molecule has 2 N–H and O–H groups in total. The SMILES string of the molecule is Cc1c([C@H]2[C@@H](c3ccccn3)NC(=S)N2CCC(=O)Nc2ccc(F)cc2)c(C)n(-c2ccccc2)c1C. The molecule has 6 nitrogen and oxygen atoms in total. The van der Waals surface area contributed by atoms with Crippen LogP contribution in [-0.4, -0.2) is 32.0 Å². The molecular formula is C30H30FN5OS. The molecule has 1 aliphatic heterocycles. The molecule has 1 amide bonds. The van der Waals surface area contributed by atoms with Gasteiger partial charge in [-0.3, -0.25) is 9.78 Å². The number of hydrogen-bond donors (Lipinski definition) is 2. The first kappa shape index (κ1) is 25.6. The first-order chi connectivity index (χ1) is 18.3. The number of rotatable bonds is 7. The summed E-state index contributed by atoms with van der Waals surface area (Å²) in [5.74, 6) is -0.505. The fourth-order valence-electron chi connectivity index (χ4n) is 5.34. The lowest BCUT2D eigenvalue weighted by Gasteiger charge is -2.29. The molecule has 2 aromatic carbocycles. The summed E-state index contributed by atoms with van der Waals surface area (Å²) in [5, 5.41) is 6.92. The summed E-state index contributed by atoms with van der Waals surface area (Å²) in [7, 11) is 0. The standard InChI is InChI=1S/C30H30FN5OS/c1-19-20(2)36(24-9-5-4-6-10-24)21(3)27(19)29-28(25-11-7-8-17-32-25)34-30(38)35(29)18-16-26(37)33-23-14-12-22(31)13-15-23/h4-15,17,28-29H,16,18H2,1-3H3,(H,33,37)(H,34,38)/t28-,29+/m1/s1. The van der Waals surface area contributed by atoms with Gasteiger partial charge in [-0.2, -0.15) is 0 Å². The summed E-state index contributed by atoms with van der Waals surface area (Å²) >= 11 is 5.82. The van der Waals surface area contributed by atoms with Crippen molar-refractivity contribution in [1.29, 1.82) is 0 Å². The lowest BCUT2D eigenvalue weighted by molar-refractivity contribution is -0.116. The maximum Gasteiger partial charge on any atom is 0.226 e. The van der Waals surface area contributed by atoms with E-state index < -0.39 is 0 Å². The Morgan fingerprint density at radius 2 is 1.71 bits per heavy atom. The lowest BCUT2D eigenvalue weighted by atomic mass is 9.93. The molecule has 1 saturated heterocycles. The number of benzene rings is 2. The van der Waals surface area contributed by atoms with E-state index in [0.717, 1.165) is 22.8 Å². The molecule has 0 radical (unpaired) electrons. The normalized spacial score (nSPS) is 16.9. The van der Waals surface area contributed by atoms with E-state index in [1.165, 1.54) is 23.3 Å². The van der Waals surface area contributed by atoms with Gasteiger partial charge in [-0.1, -0.05) is 24.3 Å². The van der Waals surface area contributed by atoms with Gasteiger partial charge in [0.15, 0.2) is 5.11 Å². The third-order valence-electron chi connectivity index (χ3n) is 7.22. The average molecular weight is 528 g/mol. The van der Waals surface area contributed by atoms with E-state index >= 15 is 0 Å². The van der Waals surface area contributed by atoms with Crippen molar-refractivity contribution in [3.63, 3.8) is 0 Å². The number of anilines is 1. The van der Waals surface area contributed by atoms with Crippen LogP contribution in [0.2, 0.25) is 0 Å². The Morgan fingerprint density at radius 3 is 2.39 bits per heavy atom. The monoisotopic (exact) mass is 527 g/mol. The first-order valence-electron chi connectivity index (χ1n) is 12.6. The van der Waals surface area contributed by atoms with Gasteiger partial charge in [-0.15, -0.1) is 0 Å². The molecule has 1 fully saturated rings. The summed E-state index contributed by atoms with van der Waals surface area (Å²) < 4.78 is 15.5. The number of carbonyl (C=O) groups is 1. The average Bonchev–Trinajstić information content (AvgIpc) is 3.36. The predicted octanol–water partition coefficient (Wildman–Crippen LogP) is 5.94. The molecule has 194 valence electrons. The number of nitrogens with zero attached hydrogens (tertiary/aromatic N) is 3. The van der Waals surface area contributed by atoms with E-state index in [0.29, 0.717) is 17.3 Å². The highest BCUT2D eigenvalue weighted by Crippen LogP contribution is 2.43. The van der Waals surface area contributed by atoms with Crippen LogP contribution in [0.5, 0.6) is 0 Å². The van der Waals surface area contributed by atoms with Gasteiger partial charge >= 0.3 is 0 Å². The summed E-state index contributed by atoms with van der Waals surface area (Å²) in [4.78, 5) is 19.6. The van der Waals surface area contributed by atoms with Crippen molar-refractivity contribution < 1.29 is 9.18 Å². The number of pyridine rings is 1. The van der Waals surface area contributed by atoms with E-state index in [9.17, 15) is 9.18 Å². The number of para-hydroxylation sites is 1. The van der Waals surface area contributed by atoms with Crippen LogP contribution < -0.4 is 10.6 Å². The van der Waals surface area contributed by atoms with Crippen LogP contribution in [0, 0.1) is 26.6 Å². The molecule has 38 heavy (non-hydrogen) atoms. The number of amides is 1. The molecule has 4 aromatic rings. The molecule has 0 bridgehead atoms. The van der Waals surface area contributed by atoms with Crippen LogP contribution in [0.15, 0.2) is 79.0 Å². The Balaban J connectivity index is 1.49. The van der Waals surface area contributed by atoms with Gasteiger partial charge in [0.05, 0.1) is 17.8 Å². The number of aromatic nitrogens is 2. The predicted molar refractivity (Wildman–Crippen MR) is 152 cm³/mol. The topological polar surface area (TPSA) is 62.2 Å². The Labute approximate surface area is 227 Å². The highest BCUT2D eigenvalue weighted by Gasteiger charge is 2.42. The smallest absolute Gasteiger partial charge is 0.226 e. The van der Waals surface area contributed by atoms with Gasteiger partial charge in [0.2, 0.25) is 5.91 Å². The van der Waals surface area contributed by atoms with Gasteiger partial charge in [0, 0.05) is 47.5 Å². The van der Waals surface area contributed by atoms with E-state index in [-0.39, 0.29) is 30.2 Å². The molecule has 0 aliphatic carbocycles. The lowest BCUT2D eigenvalue weighted by Crippen LogP contribution is -2.33. The second kappa shape index (κ2) is 10.8. The molecule has 8 heteroatoms. The molecule has 0 spiro atoms. The van der Waals surface area contributed by atoms with E-state index in [4.69, 9.17) is 12.2 Å². The maximum atomic E-state index is 13.3. The molecule has 5 rings (SSSR count). The summed E-state index contributed by atoms with van der Waals surface area (Å²) in [6, 6.07) is 21.6. The number of nitrogens with one attached hydrogen (secondary N) is 2. The van der Waals surface area contributed by atoms with Crippen molar-refractivity contribution in [1.82, 2.24) is 19.8 Å². The summed E-state index contributed by atoms with van der Waals surface area (Å²) in [6.45, 7) is 6.84. The van der Waals surface area contributed by atoms with Gasteiger partial charge in [0.1, 0.15) is 5.82 Å². The van der Waals surface area contributed by atoms with Crippen molar-refractivity contribution >= 4 is 28.9 Å². The highest BCUT2D eigenvalue weighted by atomic mass is 32.1. The van der Waals surface area contributed by atoms with Gasteiger partial charge in [-0.25, -0.2) is 4.39 Å². The van der Waals surface area contributed by atoms with Crippen LogP contribution >= 0.6 is 12.2 Å².